The minimum Gasteiger partial charge on any atom is -0.494 e. The smallest absolute Gasteiger partial charge is 0.119 e. The molecule has 0 spiro atoms. The molecular formula is C18H31NO. The van der Waals surface area contributed by atoms with Crippen molar-refractivity contribution in [3.8, 4) is 5.75 Å². The third kappa shape index (κ3) is 5.16. The molecule has 0 amide bonds. The first-order valence-electron chi connectivity index (χ1n) is 8.22. The Labute approximate surface area is 124 Å². The third-order valence-corrected chi connectivity index (χ3v) is 3.74. The van der Waals surface area contributed by atoms with Crippen LogP contribution in [0.3, 0.4) is 0 Å². The summed E-state index contributed by atoms with van der Waals surface area (Å²) in [5, 5.41) is 3.68. The largest absolute Gasteiger partial charge is 0.494 e. The zero-order chi connectivity index (χ0) is 14.8. The topological polar surface area (TPSA) is 21.3 Å². The van der Waals surface area contributed by atoms with Crippen LogP contribution in [0.1, 0.15) is 65.0 Å². The van der Waals surface area contributed by atoms with Gasteiger partial charge < -0.3 is 10.1 Å². The van der Waals surface area contributed by atoms with Gasteiger partial charge in [-0.15, -0.1) is 0 Å². The molecule has 1 atom stereocenters. The Morgan fingerprint density at radius 3 is 2.30 bits per heavy atom. The number of ether oxygens (including phenoxy) is 1. The number of nitrogens with one attached hydrogen (secondary N) is 1. The highest BCUT2D eigenvalue weighted by Crippen LogP contribution is 2.31. The van der Waals surface area contributed by atoms with E-state index in [2.05, 4.69) is 44.3 Å². The molecule has 1 rings (SSSR count). The summed E-state index contributed by atoms with van der Waals surface area (Å²) in [6, 6.07) is 9.04. The molecular weight excluding hydrogens is 246 g/mol. The minimum absolute atomic E-state index is 0.445. The normalized spacial score (nSPS) is 12.7. The van der Waals surface area contributed by atoms with E-state index in [1.165, 1.54) is 31.2 Å². The van der Waals surface area contributed by atoms with Gasteiger partial charge in [-0.05, 0) is 49.9 Å². The van der Waals surface area contributed by atoms with E-state index in [4.69, 9.17) is 4.74 Å². The van der Waals surface area contributed by atoms with Gasteiger partial charge >= 0.3 is 0 Å². The van der Waals surface area contributed by atoms with Gasteiger partial charge in [-0.3, -0.25) is 0 Å². The molecule has 0 saturated heterocycles. The van der Waals surface area contributed by atoms with E-state index >= 15 is 0 Å². The Hall–Kier alpha value is -1.02. The van der Waals surface area contributed by atoms with Gasteiger partial charge in [0, 0.05) is 6.04 Å². The van der Waals surface area contributed by atoms with Crippen LogP contribution in [-0.2, 0) is 0 Å². The molecule has 1 aromatic carbocycles. The fraction of sp³-hybridized carbons (Fsp3) is 0.667. The molecule has 0 aliphatic rings. The Morgan fingerprint density at radius 1 is 1.05 bits per heavy atom. The van der Waals surface area contributed by atoms with Gasteiger partial charge in [0.1, 0.15) is 5.75 Å². The first-order valence-corrected chi connectivity index (χ1v) is 8.22. The van der Waals surface area contributed by atoms with Crippen molar-refractivity contribution in [1.29, 1.82) is 0 Å². The molecule has 20 heavy (non-hydrogen) atoms. The number of hydrogen-bond donors (Lipinski definition) is 1. The summed E-state index contributed by atoms with van der Waals surface area (Å²) >= 11 is 0. The molecule has 2 heteroatoms. The summed E-state index contributed by atoms with van der Waals surface area (Å²) in [5.41, 5.74) is 1.37. The summed E-state index contributed by atoms with van der Waals surface area (Å²) in [7, 11) is 0. The number of hydrogen-bond acceptors (Lipinski definition) is 2. The Kier molecular flexibility index (Phi) is 8.36. The predicted octanol–water partition coefficient (Wildman–Crippen LogP) is 4.95. The SMILES string of the molecule is CCCC(CCC)C(NCC)c1cccc(OCC)c1. The minimum atomic E-state index is 0.445. The van der Waals surface area contributed by atoms with Crippen LogP contribution < -0.4 is 10.1 Å². The van der Waals surface area contributed by atoms with Gasteiger partial charge in [-0.1, -0.05) is 45.7 Å². The molecule has 0 aliphatic carbocycles. The van der Waals surface area contributed by atoms with E-state index in [1.54, 1.807) is 0 Å². The van der Waals surface area contributed by atoms with Crippen molar-refractivity contribution in [2.75, 3.05) is 13.2 Å². The highest BCUT2D eigenvalue weighted by atomic mass is 16.5. The summed E-state index contributed by atoms with van der Waals surface area (Å²) in [5.74, 6) is 1.70. The average Bonchev–Trinajstić information content (AvgIpc) is 2.45. The molecule has 0 aliphatic heterocycles. The van der Waals surface area contributed by atoms with E-state index in [1.807, 2.05) is 13.0 Å². The summed E-state index contributed by atoms with van der Waals surface area (Å²) < 4.78 is 5.65. The molecule has 0 saturated carbocycles. The van der Waals surface area contributed by atoms with E-state index in [-0.39, 0.29) is 0 Å². The lowest BCUT2D eigenvalue weighted by Crippen LogP contribution is -2.28. The van der Waals surface area contributed by atoms with Crippen molar-refractivity contribution in [3.63, 3.8) is 0 Å². The average molecular weight is 277 g/mol. The van der Waals surface area contributed by atoms with Gasteiger partial charge in [0.25, 0.3) is 0 Å². The lowest BCUT2D eigenvalue weighted by molar-refractivity contribution is 0.315. The Balaban J connectivity index is 2.94. The van der Waals surface area contributed by atoms with Crippen LogP contribution in [0, 0.1) is 5.92 Å². The van der Waals surface area contributed by atoms with Crippen molar-refractivity contribution in [2.24, 2.45) is 5.92 Å². The molecule has 0 heterocycles. The van der Waals surface area contributed by atoms with Crippen LogP contribution in [0.5, 0.6) is 5.75 Å². The first-order chi connectivity index (χ1) is 9.76. The summed E-state index contributed by atoms with van der Waals surface area (Å²) in [6.07, 6.45) is 5.06. The Bertz CT molecular complexity index is 358. The third-order valence-electron chi connectivity index (χ3n) is 3.74. The molecule has 1 unspecified atom stereocenters. The fourth-order valence-corrected chi connectivity index (χ4v) is 2.96. The first kappa shape index (κ1) is 17.0. The van der Waals surface area contributed by atoms with Crippen molar-refractivity contribution in [2.45, 2.75) is 59.4 Å². The number of benzene rings is 1. The lowest BCUT2D eigenvalue weighted by Gasteiger charge is -2.28. The predicted molar refractivity (Wildman–Crippen MR) is 87.3 cm³/mol. The maximum Gasteiger partial charge on any atom is 0.119 e. The van der Waals surface area contributed by atoms with E-state index in [0.717, 1.165) is 18.9 Å². The summed E-state index contributed by atoms with van der Waals surface area (Å²) in [4.78, 5) is 0. The van der Waals surface area contributed by atoms with Crippen LogP contribution >= 0.6 is 0 Å². The zero-order valence-electron chi connectivity index (χ0n) is 13.6. The van der Waals surface area contributed by atoms with Crippen molar-refractivity contribution in [3.05, 3.63) is 29.8 Å². The molecule has 0 aromatic heterocycles. The second kappa shape index (κ2) is 9.82. The van der Waals surface area contributed by atoms with Crippen LogP contribution in [0.2, 0.25) is 0 Å². The van der Waals surface area contributed by atoms with Crippen molar-refractivity contribution >= 4 is 0 Å². The van der Waals surface area contributed by atoms with E-state index in [9.17, 15) is 0 Å². The fourth-order valence-electron chi connectivity index (χ4n) is 2.96. The summed E-state index contributed by atoms with van der Waals surface area (Å²) in [6.45, 7) is 10.5. The van der Waals surface area contributed by atoms with Gasteiger partial charge in [-0.25, -0.2) is 0 Å². The van der Waals surface area contributed by atoms with Crippen molar-refractivity contribution in [1.82, 2.24) is 5.32 Å². The highest BCUT2D eigenvalue weighted by molar-refractivity contribution is 5.31. The maximum atomic E-state index is 5.65. The highest BCUT2D eigenvalue weighted by Gasteiger charge is 2.21. The molecule has 0 bridgehead atoms. The Morgan fingerprint density at radius 2 is 1.75 bits per heavy atom. The van der Waals surface area contributed by atoms with Gasteiger partial charge in [0.05, 0.1) is 6.61 Å². The van der Waals surface area contributed by atoms with Crippen LogP contribution in [0.4, 0.5) is 0 Å². The molecule has 2 nitrogen and oxygen atoms in total. The quantitative estimate of drug-likeness (QED) is 0.653. The van der Waals surface area contributed by atoms with Gasteiger partial charge in [-0.2, -0.15) is 0 Å². The lowest BCUT2D eigenvalue weighted by atomic mass is 9.86. The standard InChI is InChI=1S/C18H31NO/c1-5-10-15(11-6-2)18(19-7-3)16-12-9-13-17(14-16)20-8-4/h9,12-15,18-19H,5-8,10-11H2,1-4H3. The maximum absolute atomic E-state index is 5.65. The van der Waals surface area contributed by atoms with Gasteiger partial charge in [0.2, 0.25) is 0 Å². The molecule has 1 aromatic rings. The van der Waals surface area contributed by atoms with Gasteiger partial charge in [0.15, 0.2) is 0 Å². The molecule has 0 fully saturated rings. The number of rotatable bonds is 10. The second-order valence-corrected chi connectivity index (χ2v) is 5.38. The molecule has 1 N–H and O–H groups in total. The van der Waals surface area contributed by atoms with Crippen LogP contribution in [0.15, 0.2) is 24.3 Å². The molecule has 114 valence electrons. The molecule has 0 radical (unpaired) electrons. The van der Waals surface area contributed by atoms with Crippen molar-refractivity contribution < 1.29 is 4.74 Å². The van der Waals surface area contributed by atoms with E-state index < -0.39 is 0 Å². The van der Waals surface area contributed by atoms with E-state index in [0.29, 0.717) is 12.0 Å². The second-order valence-electron chi connectivity index (χ2n) is 5.38. The van der Waals surface area contributed by atoms with Crippen LogP contribution in [0.25, 0.3) is 0 Å². The monoisotopic (exact) mass is 277 g/mol. The zero-order valence-corrected chi connectivity index (χ0v) is 13.6. The van der Waals surface area contributed by atoms with Crippen LogP contribution in [-0.4, -0.2) is 13.2 Å².